The molecule has 0 amide bonds. The molecule has 0 saturated heterocycles. The van der Waals surface area contributed by atoms with E-state index in [-0.39, 0.29) is 12.1 Å². The van der Waals surface area contributed by atoms with Crippen LogP contribution < -0.4 is 11.2 Å². The Morgan fingerprint density at radius 2 is 1.85 bits per heavy atom. The summed E-state index contributed by atoms with van der Waals surface area (Å²) in [6.07, 6.45) is 1.60. The van der Waals surface area contributed by atoms with Gasteiger partial charge < -0.3 is 4.57 Å². The van der Waals surface area contributed by atoms with Crippen LogP contribution in [0.5, 0.6) is 0 Å². The molecule has 0 bridgehead atoms. The van der Waals surface area contributed by atoms with Gasteiger partial charge in [-0.25, -0.2) is 9.48 Å². The Morgan fingerprint density at radius 1 is 1.15 bits per heavy atom. The van der Waals surface area contributed by atoms with Crippen molar-refractivity contribution in [1.82, 2.24) is 28.5 Å². The Labute approximate surface area is 151 Å². The highest BCUT2D eigenvalue weighted by atomic mass is 16.2. The van der Waals surface area contributed by atoms with Gasteiger partial charge in [0.2, 0.25) is 5.95 Å². The third kappa shape index (κ3) is 2.61. The second-order valence-electron chi connectivity index (χ2n) is 6.58. The highest BCUT2D eigenvalue weighted by molar-refractivity contribution is 5.72. The van der Waals surface area contributed by atoms with Crippen LogP contribution in [0.25, 0.3) is 17.1 Å². The Bertz CT molecular complexity index is 1130. The average molecular weight is 356 g/mol. The molecule has 26 heavy (non-hydrogen) atoms. The van der Waals surface area contributed by atoms with Gasteiger partial charge in [-0.15, -0.1) is 0 Å². The fourth-order valence-electron chi connectivity index (χ4n) is 3.10. The zero-order valence-corrected chi connectivity index (χ0v) is 15.9. The summed E-state index contributed by atoms with van der Waals surface area (Å²) in [6, 6.07) is 2.04. The molecular formula is C18H24N6O2. The monoisotopic (exact) mass is 356 g/mol. The van der Waals surface area contributed by atoms with Crippen molar-refractivity contribution >= 4 is 11.2 Å². The summed E-state index contributed by atoms with van der Waals surface area (Å²) in [5.41, 5.74) is 2.66. The van der Waals surface area contributed by atoms with Crippen LogP contribution in [-0.4, -0.2) is 28.5 Å². The lowest BCUT2D eigenvalue weighted by atomic mass is 10.3. The van der Waals surface area contributed by atoms with Crippen molar-refractivity contribution in [2.75, 3.05) is 0 Å². The third-order valence-corrected chi connectivity index (χ3v) is 4.51. The van der Waals surface area contributed by atoms with Crippen LogP contribution >= 0.6 is 0 Å². The van der Waals surface area contributed by atoms with E-state index in [2.05, 4.69) is 16.7 Å². The van der Waals surface area contributed by atoms with E-state index in [0.29, 0.717) is 17.1 Å². The molecule has 0 aliphatic rings. The molecule has 0 unspecified atom stereocenters. The molecule has 3 aromatic heterocycles. The molecule has 0 N–H and O–H groups in total. The van der Waals surface area contributed by atoms with Crippen molar-refractivity contribution in [1.29, 1.82) is 0 Å². The Morgan fingerprint density at radius 3 is 2.42 bits per heavy atom. The first-order chi connectivity index (χ1) is 12.3. The number of aromatic nitrogens is 6. The minimum atomic E-state index is -0.402. The Kier molecular flexibility index (Phi) is 4.43. The molecule has 3 heterocycles. The second kappa shape index (κ2) is 6.44. The normalized spacial score (nSPS) is 11.4. The van der Waals surface area contributed by atoms with Crippen LogP contribution in [0.15, 0.2) is 27.8 Å². The minimum absolute atomic E-state index is 0.184. The van der Waals surface area contributed by atoms with E-state index in [1.165, 1.54) is 9.13 Å². The quantitative estimate of drug-likeness (QED) is 0.646. The second-order valence-corrected chi connectivity index (χ2v) is 6.58. The predicted molar refractivity (Wildman–Crippen MR) is 101 cm³/mol. The molecule has 3 rings (SSSR count). The summed E-state index contributed by atoms with van der Waals surface area (Å²) in [7, 11) is 3.39. The van der Waals surface area contributed by atoms with Gasteiger partial charge in [0.15, 0.2) is 11.2 Å². The van der Waals surface area contributed by atoms with Gasteiger partial charge in [-0.05, 0) is 25.8 Å². The summed E-state index contributed by atoms with van der Waals surface area (Å²) in [5.74, 6) is 0.525. The maximum Gasteiger partial charge on any atom is 0.332 e. The first-order valence-corrected chi connectivity index (χ1v) is 8.68. The highest BCUT2D eigenvalue weighted by Gasteiger charge is 2.21. The zero-order valence-electron chi connectivity index (χ0n) is 15.9. The van der Waals surface area contributed by atoms with E-state index in [4.69, 9.17) is 0 Å². The number of rotatable bonds is 5. The van der Waals surface area contributed by atoms with Gasteiger partial charge in [0, 0.05) is 19.8 Å². The number of hydrogen-bond donors (Lipinski definition) is 0. The number of hydrogen-bond acceptors (Lipinski definition) is 4. The van der Waals surface area contributed by atoms with E-state index in [1.807, 2.05) is 19.9 Å². The summed E-state index contributed by atoms with van der Waals surface area (Å²) in [5, 5.41) is 4.60. The Balaban J connectivity index is 2.37. The lowest BCUT2D eigenvalue weighted by Gasteiger charge is -2.08. The number of allylic oxidation sites excluding steroid dienone is 1. The Hall–Kier alpha value is -2.90. The molecular weight excluding hydrogens is 332 g/mol. The SMILES string of the molecule is C=C(C)Cn1c(=O)c2c(nc(-n3nc(CC)cc3CC)n2C)n(C)c1=O. The van der Waals surface area contributed by atoms with Crippen molar-refractivity contribution < 1.29 is 0 Å². The number of imidazole rings is 1. The third-order valence-electron chi connectivity index (χ3n) is 4.51. The summed E-state index contributed by atoms with van der Waals surface area (Å²) in [6.45, 7) is 9.87. The van der Waals surface area contributed by atoms with Crippen LogP contribution in [0.4, 0.5) is 0 Å². The lowest BCUT2D eigenvalue weighted by Crippen LogP contribution is -2.39. The van der Waals surface area contributed by atoms with Crippen molar-refractivity contribution in [3.8, 4) is 5.95 Å². The molecule has 8 heteroatoms. The van der Waals surface area contributed by atoms with Crippen LogP contribution in [0.3, 0.4) is 0 Å². The van der Waals surface area contributed by atoms with Crippen molar-refractivity contribution in [3.05, 3.63) is 50.4 Å². The zero-order chi connectivity index (χ0) is 19.2. The molecule has 0 aliphatic heterocycles. The summed E-state index contributed by atoms with van der Waals surface area (Å²) in [4.78, 5) is 30.1. The largest absolute Gasteiger partial charge is 0.332 e. The molecule has 0 fully saturated rings. The van der Waals surface area contributed by atoms with Crippen molar-refractivity contribution in [2.24, 2.45) is 14.1 Å². The van der Waals surface area contributed by atoms with E-state index in [1.54, 1.807) is 30.3 Å². The van der Waals surface area contributed by atoms with Gasteiger partial charge in [-0.2, -0.15) is 10.1 Å². The number of nitrogens with zero attached hydrogens (tertiary/aromatic N) is 6. The van der Waals surface area contributed by atoms with Gasteiger partial charge in [0.25, 0.3) is 5.56 Å². The molecule has 0 spiro atoms. The molecule has 8 nitrogen and oxygen atoms in total. The van der Waals surface area contributed by atoms with Crippen LogP contribution in [-0.2, 0) is 33.5 Å². The van der Waals surface area contributed by atoms with Gasteiger partial charge in [0.1, 0.15) is 0 Å². The van der Waals surface area contributed by atoms with Gasteiger partial charge in [-0.1, -0.05) is 26.0 Å². The standard InChI is InChI=1S/C18H24N6O2/c1-7-12-9-13(8-2)24(20-12)17-19-15-14(21(17)5)16(25)23(10-11(3)4)18(26)22(15)6/h9H,3,7-8,10H2,1-2,4-6H3. The van der Waals surface area contributed by atoms with E-state index < -0.39 is 5.69 Å². The lowest BCUT2D eigenvalue weighted by molar-refractivity contribution is 0.649. The van der Waals surface area contributed by atoms with Crippen LogP contribution in [0.2, 0.25) is 0 Å². The van der Waals surface area contributed by atoms with Gasteiger partial charge >= 0.3 is 5.69 Å². The minimum Gasteiger partial charge on any atom is -0.306 e. The highest BCUT2D eigenvalue weighted by Crippen LogP contribution is 2.17. The van der Waals surface area contributed by atoms with Crippen LogP contribution in [0, 0.1) is 0 Å². The first kappa shape index (κ1) is 17.9. The molecule has 0 saturated carbocycles. The fraction of sp³-hybridized carbons (Fsp3) is 0.444. The molecule has 0 aromatic carbocycles. The van der Waals surface area contributed by atoms with Crippen molar-refractivity contribution in [2.45, 2.75) is 40.2 Å². The van der Waals surface area contributed by atoms with E-state index >= 15 is 0 Å². The summed E-state index contributed by atoms with van der Waals surface area (Å²) >= 11 is 0. The number of aryl methyl sites for hydroxylation is 4. The molecule has 138 valence electrons. The molecule has 0 atom stereocenters. The number of fused-ring (bicyclic) bond motifs is 1. The summed E-state index contributed by atoms with van der Waals surface area (Å²) < 4.78 is 6.06. The molecule has 0 radical (unpaired) electrons. The molecule has 3 aromatic rings. The first-order valence-electron chi connectivity index (χ1n) is 8.68. The van der Waals surface area contributed by atoms with Crippen LogP contribution in [0.1, 0.15) is 32.2 Å². The van der Waals surface area contributed by atoms with E-state index in [9.17, 15) is 9.59 Å². The average Bonchev–Trinajstić information content (AvgIpc) is 3.17. The fourth-order valence-corrected chi connectivity index (χ4v) is 3.10. The van der Waals surface area contributed by atoms with Gasteiger partial charge in [-0.3, -0.25) is 13.9 Å². The van der Waals surface area contributed by atoms with E-state index in [0.717, 1.165) is 29.8 Å². The topological polar surface area (TPSA) is 79.6 Å². The van der Waals surface area contributed by atoms with Gasteiger partial charge in [0.05, 0.1) is 12.2 Å². The smallest absolute Gasteiger partial charge is 0.306 e. The maximum absolute atomic E-state index is 12.9. The maximum atomic E-state index is 12.9. The van der Waals surface area contributed by atoms with Crippen molar-refractivity contribution in [3.63, 3.8) is 0 Å². The predicted octanol–water partition coefficient (Wildman–Crippen LogP) is 1.32. The molecule has 0 aliphatic carbocycles.